The van der Waals surface area contributed by atoms with Crippen LogP contribution in [-0.4, -0.2) is 20.8 Å². The van der Waals surface area contributed by atoms with E-state index in [0.29, 0.717) is 5.92 Å². The standard InChI is InChI=1S/C12H24N2O/c1-9-4-7-12(14-2)11(13)6-5-10(9)8-15-3/h9-10,14H,4-8,13H2,1-3H3/b12-11-. The van der Waals surface area contributed by atoms with Crippen molar-refractivity contribution in [3.05, 3.63) is 11.4 Å². The van der Waals surface area contributed by atoms with Crippen molar-refractivity contribution in [3.63, 3.8) is 0 Å². The third kappa shape index (κ3) is 3.42. The maximum absolute atomic E-state index is 6.04. The van der Waals surface area contributed by atoms with E-state index in [-0.39, 0.29) is 0 Å². The lowest BCUT2D eigenvalue weighted by Gasteiger charge is -2.27. The topological polar surface area (TPSA) is 47.3 Å². The third-order valence-electron chi connectivity index (χ3n) is 3.51. The monoisotopic (exact) mass is 212 g/mol. The molecule has 0 aromatic rings. The summed E-state index contributed by atoms with van der Waals surface area (Å²) in [7, 11) is 3.74. The molecule has 0 aromatic carbocycles. The van der Waals surface area contributed by atoms with Gasteiger partial charge in [0.2, 0.25) is 0 Å². The van der Waals surface area contributed by atoms with Crippen molar-refractivity contribution >= 4 is 0 Å². The summed E-state index contributed by atoms with van der Waals surface area (Å²) in [5.41, 5.74) is 8.31. The molecule has 0 heterocycles. The van der Waals surface area contributed by atoms with Gasteiger partial charge in [0.1, 0.15) is 0 Å². The van der Waals surface area contributed by atoms with Gasteiger partial charge in [-0.3, -0.25) is 0 Å². The Morgan fingerprint density at radius 2 is 2.13 bits per heavy atom. The largest absolute Gasteiger partial charge is 0.401 e. The van der Waals surface area contributed by atoms with Gasteiger partial charge in [-0.25, -0.2) is 0 Å². The van der Waals surface area contributed by atoms with Crippen LogP contribution in [0.5, 0.6) is 0 Å². The molecule has 0 spiro atoms. The van der Waals surface area contributed by atoms with Gasteiger partial charge in [0.05, 0.1) is 0 Å². The molecule has 0 radical (unpaired) electrons. The van der Waals surface area contributed by atoms with Crippen LogP contribution in [-0.2, 0) is 4.74 Å². The first-order valence-electron chi connectivity index (χ1n) is 5.83. The summed E-state index contributed by atoms with van der Waals surface area (Å²) in [6.45, 7) is 3.18. The fourth-order valence-corrected chi connectivity index (χ4v) is 2.29. The molecule has 2 atom stereocenters. The molecule has 0 saturated heterocycles. The Kier molecular flexibility index (Phi) is 4.95. The predicted octanol–water partition coefficient (Wildman–Crippen LogP) is 1.85. The SMILES string of the molecule is CN/C1=C(\N)CCC(COC)C(C)CC1. The van der Waals surface area contributed by atoms with Crippen LogP contribution in [0.2, 0.25) is 0 Å². The molecule has 2 unspecified atom stereocenters. The highest BCUT2D eigenvalue weighted by molar-refractivity contribution is 5.10. The highest BCUT2D eigenvalue weighted by Gasteiger charge is 2.20. The molecular formula is C12H24N2O. The number of hydrogen-bond acceptors (Lipinski definition) is 3. The number of nitrogens with one attached hydrogen (secondary N) is 1. The summed E-state index contributed by atoms with van der Waals surface area (Å²) in [6, 6.07) is 0. The van der Waals surface area contributed by atoms with Gasteiger partial charge in [0.25, 0.3) is 0 Å². The van der Waals surface area contributed by atoms with Gasteiger partial charge < -0.3 is 15.8 Å². The molecular weight excluding hydrogens is 188 g/mol. The van der Waals surface area contributed by atoms with Gasteiger partial charge in [0.15, 0.2) is 0 Å². The first kappa shape index (κ1) is 12.4. The Bertz CT molecular complexity index is 226. The van der Waals surface area contributed by atoms with Crippen LogP contribution in [0.25, 0.3) is 0 Å². The number of nitrogens with two attached hydrogens (primary N) is 1. The first-order valence-corrected chi connectivity index (χ1v) is 5.83. The van der Waals surface area contributed by atoms with Crippen LogP contribution in [0.3, 0.4) is 0 Å². The highest BCUT2D eigenvalue weighted by Crippen LogP contribution is 2.28. The van der Waals surface area contributed by atoms with Crippen molar-refractivity contribution in [1.29, 1.82) is 0 Å². The van der Waals surface area contributed by atoms with Crippen molar-refractivity contribution in [2.75, 3.05) is 20.8 Å². The minimum absolute atomic E-state index is 0.659. The molecule has 88 valence electrons. The Morgan fingerprint density at radius 1 is 1.40 bits per heavy atom. The van der Waals surface area contributed by atoms with E-state index in [0.717, 1.165) is 37.5 Å². The Balaban J connectivity index is 2.63. The fraction of sp³-hybridized carbons (Fsp3) is 0.833. The zero-order valence-electron chi connectivity index (χ0n) is 10.2. The number of methoxy groups -OCH3 is 1. The lowest BCUT2D eigenvalue weighted by atomic mass is 9.84. The highest BCUT2D eigenvalue weighted by atomic mass is 16.5. The number of hydrogen-bond donors (Lipinski definition) is 2. The summed E-state index contributed by atoms with van der Waals surface area (Å²) in [4.78, 5) is 0. The van der Waals surface area contributed by atoms with Crippen LogP contribution >= 0.6 is 0 Å². The van der Waals surface area contributed by atoms with Gasteiger partial charge >= 0.3 is 0 Å². The van der Waals surface area contributed by atoms with Gasteiger partial charge in [-0.15, -0.1) is 0 Å². The molecule has 3 heteroatoms. The molecule has 0 bridgehead atoms. The molecule has 0 amide bonds. The average Bonchev–Trinajstić information content (AvgIpc) is 2.23. The normalized spacial score (nSPS) is 33.3. The van der Waals surface area contributed by atoms with Gasteiger partial charge in [-0.2, -0.15) is 0 Å². The summed E-state index contributed by atoms with van der Waals surface area (Å²) in [5, 5.41) is 3.21. The van der Waals surface area contributed by atoms with E-state index < -0.39 is 0 Å². The molecule has 3 N–H and O–H groups in total. The molecule has 15 heavy (non-hydrogen) atoms. The number of allylic oxidation sites excluding steroid dienone is 2. The summed E-state index contributed by atoms with van der Waals surface area (Å²) < 4.78 is 5.26. The first-order chi connectivity index (χ1) is 7.19. The fourth-order valence-electron chi connectivity index (χ4n) is 2.29. The van der Waals surface area contributed by atoms with Crippen LogP contribution < -0.4 is 11.1 Å². The van der Waals surface area contributed by atoms with E-state index in [1.807, 2.05) is 7.05 Å². The molecule has 0 saturated carbocycles. The number of ether oxygens (including phenoxy) is 1. The summed E-state index contributed by atoms with van der Waals surface area (Å²) in [5.74, 6) is 1.38. The Hall–Kier alpha value is -0.700. The Morgan fingerprint density at radius 3 is 2.73 bits per heavy atom. The van der Waals surface area contributed by atoms with E-state index in [1.165, 1.54) is 12.1 Å². The van der Waals surface area contributed by atoms with Gasteiger partial charge in [-0.1, -0.05) is 6.92 Å². The predicted molar refractivity (Wildman–Crippen MR) is 63.3 cm³/mol. The Labute approximate surface area is 93.1 Å². The summed E-state index contributed by atoms with van der Waals surface area (Å²) in [6.07, 6.45) is 4.41. The summed E-state index contributed by atoms with van der Waals surface area (Å²) >= 11 is 0. The van der Waals surface area contributed by atoms with E-state index in [1.54, 1.807) is 7.11 Å². The second kappa shape index (κ2) is 6.01. The van der Waals surface area contributed by atoms with Gasteiger partial charge in [-0.05, 0) is 37.5 Å². The van der Waals surface area contributed by atoms with Crippen molar-refractivity contribution in [2.24, 2.45) is 17.6 Å². The van der Waals surface area contributed by atoms with Crippen molar-refractivity contribution in [3.8, 4) is 0 Å². The maximum Gasteiger partial charge on any atom is 0.0493 e. The van der Waals surface area contributed by atoms with E-state index in [2.05, 4.69) is 12.2 Å². The molecule has 0 aromatic heterocycles. The second-order valence-corrected chi connectivity index (χ2v) is 4.52. The van der Waals surface area contributed by atoms with Crippen molar-refractivity contribution in [2.45, 2.75) is 32.6 Å². The van der Waals surface area contributed by atoms with Crippen molar-refractivity contribution in [1.82, 2.24) is 5.32 Å². The minimum Gasteiger partial charge on any atom is -0.401 e. The quantitative estimate of drug-likeness (QED) is 0.750. The van der Waals surface area contributed by atoms with Crippen LogP contribution in [0.15, 0.2) is 11.4 Å². The molecule has 1 aliphatic carbocycles. The van der Waals surface area contributed by atoms with Crippen molar-refractivity contribution < 1.29 is 4.74 Å². The number of rotatable bonds is 3. The van der Waals surface area contributed by atoms with E-state index in [4.69, 9.17) is 10.5 Å². The molecule has 1 rings (SSSR count). The lowest BCUT2D eigenvalue weighted by molar-refractivity contribution is 0.115. The molecule has 0 fully saturated rings. The van der Waals surface area contributed by atoms with Crippen LogP contribution in [0.1, 0.15) is 32.6 Å². The van der Waals surface area contributed by atoms with E-state index in [9.17, 15) is 0 Å². The lowest BCUT2D eigenvalue weighted by Crippen LogP contribution is -2.24. The zero-order chi connectivity index (χ0) is 11.3. The van der Waals surface area contributed by atoms with Gasteiger partial charge in [0, 0.05) is 32.2 Å². The molecule has 1 aliphatic rings. The molecule has 0 aliphatic heterocycles. The second-order valence-electron chi connectivity index (χ2n) is 4.52. The third-order valence-corrected chi connectivity index (χ3v) is 3.51. The van der Waals surface area contributed by atoms with Crippen LogP contribution in [0, 0.1) is 11.8 Å². The molecule has 3 nitrogen and oxygen atoms in total. The van der Waals surface area contributed by atoms with E-state index >= 15 is 0 Å². The smallest absolute Gasteiger partial charge is 0.0493 e. The minimum atomic E-state index is 0.659. The maximum atomic E-state index is 6.04. The average molecular weight is 212 g/mol. The zero-order valence-corrected chi connectivity index (χ0v) is 10.2. The van der Waals surface area contributed by atoms with Crippen LogP contribution in [0.4, 0.5) is 0 Å².